The van der Waals surface area contributed by atoms with E-state index in [1.165, 1.54) is 4.68 Å². The number of aromatic nitrogens is 3. The summed E-state index contributed by atoms with van der Waals surface area (Å²) in [6.45, 7) is 2.42. The van der Waals surface area contributed by atoms with Gasteiger partial charge in [-0.25, -0.2) is 0 Å². The zero-order valence-electron chi connectivity index (χ0n) is 12.7. The van der Waals surface area contributed by atoms with Gasteiger partial charge in [0.1, 0.15) is 11.3 Å². The Hall–Kier alpha value is -1.96. The molecule has 2 aromatic rings. The number of benzene rings is 1. The summed E-state index contributed by atoms with van der Waals surface area (Å²) in [6, 6.07) is 3.23. The Morgan fingerprint density at radius 3 is 2.78 bits per heavy atom. The molecule has 1 aliphatic rings. The molecule has 0 radical (unpaired) electrons. The Morgan fingerprint density at radius 1 is 1.35 bits per heavy atom. The molecular formula is C15H14BrF2N3O2. The van der Waals surface area contributed by atoms with Crippen LogP contribution in [0.15, 0.2) is 22.7 Å². The fraction of sp³-hybridized carbons (Fsp3) is 0.333. The van der Waals surface area contributed by atoms with Crippen LogP contribution >= 0.6 is 15.9 Å². The molecule has 8 heteroatoms. The Labute approximate surface area is 140 Å². The van der Waals surface area contributed by atoms with E-state index in [4.69, 9.17) is 4.74 Å². The van der Waals surface area contributed by atoms with Crippen LogP contribution in [0.25, 0.3) is 11.8 Å². The highest BCUT2D eigenvalue weighted by Gasteiger charge is 2.28. The smallest absolute Gasteiger partial charge is 0.389 e. The van der Waals surface area contributed by atoms with E-state index >= 15 is 0 Å². The molecule has 122 valence electrons. The predicted octanol–water partition coefficient (Wildman–Crippen LogP) is 4.12. The molecule has 1 aromatic carbocycles. The fourth-order valence-corrected chi connectivity index (χ4v) is 2.73. The molecule has 0 N–H and O–H groups in total. The van der Waals surface area contributed by atoms with Crippen LogP contribution in [0.2, 0.25) is 0 Å². The molecule has 0 bridgehead atoms. The van der Waals surface area contributed by atoms with Gasteiger partial charge in [-0.3, -0.25) is 0 Å². The van der Waals surface area contributed by atoms with Gasteiger partial charge in [0, 0.05) is 10.0 Å². The van der Waals surface area contributed by atoms with E-state index in [2.05, 4.69) is 30.7 Å². The van der Waals surface area contributed by atoms with Crippen molar-refractivity contribution in [2.45, 2.75) is 33.0 Å². The van der Waals surface area contributed by atoms with Crippen molar-refractivity contribution in [3.8, 4) is 17.4 Å². The average molecular weight is 386 g/mol. The molecule has 0 saturated heterocycles. The molecule has 0 fully saturated rings. The maximum absolute atomic E-state index is 12.6. The van der Waals surface area contributed by atoms with Gasteiger partial charge in [-0.1, -0.05) is 22.0 Å². The maximum Gasteiger partial charge on any atom is 0.389 e. The Kier molecular flexibility index (Phi) is 3.87. The third kappa shape index (κ3) is 3.08. The molecule has 0 aliphatic carbocycles. The summed E-state index contributed by atoms with van der Waals surface area (Å²) in [5.74, 6) is 0.846. The monoisotopic (exact) mass is 385 g/mol. The van der Waals surface area contributed by atoms with Crippen molar-refractivity contribution in [3.05, 3.63) is 34.1 Å². The van der Waals surface area contributed by atoms with Gasteiger partial charge < -0.3 is 9.47 Å². The van der Waals surface area contributed by atoms with E-state index in [0.717, 1.165) is 10.0 Å². The number of halogens is 3. The van der Waals surface area contributed by atoms with E-state index in [0.29, 0.717) is 17.3 Å². The van der Waals surface area contributed by atoms with Crippen molar-refractivity contribution in [1.82, 2.24) is 14.8 Å². The number of hydrogen-bond donors (Lipinski definition) is 0. The number of rotatable bonds is 3. The van der Waals surface area contributed by atoms with Crippen LogP contribution in [-0.4, -0.2) is 27.0 Å². The van der Waals surface area contributed by atoms with Gasteiger partial charge in [0.2, 0.25) is 0 Å². The molecular weight excluding hydrogens is 372 g/mol. The van der Waals surface area contributed by atoms with Crippen LogP contribution in [0, 0.1) is 6.92 Å². The van der Waals surface area contributed by atoms with Gasteiger partial charge in [0.15, 0.2) is 11.6 Å². The summed E-state index contributed by atoms with van der Waals surface area (Å²) in [7, 11) is 0. The van der Waals surface area contributed by atoms with Crippen molar-refractivity contribution >= 4 is 22.0 Å². The zero-order chi connectivity index (χ0) is 16.8. The second kappa shape index (κ2) is 5.59. The number of alkyl halides is 2. The van der Waals surface area contributed by atoms with E-state index in [1.54, 1.807) is 19.1 Å². The quantitative estimate of drug-likeness (QED) is 0.796. The Morgan fingerprint density at radius 2 is 2.09 bits per heavy atom. The maximum atomic E-state index is 12.6. The van der Waals surface area contributed by atoms with Crippen molar-refractivity contribution in [3.63, 3.8) is 0 Å². The zero-order valence-corrected chi connectivity index (χ0v) is 14.3. The Bertz CT molecular complexity index is 787. The van der Waals surface area contributed by atoms with Gasteiger partial charge in [-0.15, -0.1) is 5.10 Å². The second-order valence-corrected chi connectivity index (χ2v) is 6.43. The number of nitrogens with zero attached hydrogens (tertiary/aromatic N) is 3. The minimum atomic E-state index is -2.99. The van der Waals surface area contributed by atoms with Crippen molar-refractivity contribution in [2.75, 3.05) is 0 Å². The molecule has 0 unspecified atom stereocenters. The lowest BCUT2D eigenvalue weighted by molar-refractivity contribution is -0.0575. The normalized spacial score (nSPS) is 15.4. The van der Waals surface area contributed by atoms with Gasteiger partial charge in [-0.05, 0) is 39.0 Å². The molecule has 1 aromatic heterocycles. The van der Waals surface area contributed by atoms with Crippen LogP contribution in [-0.2, 0) is 0 Å². The number of hydrogen-bond acceptors (Lipinski definition) is 4. The SMILES string of the molecule is Cc1nc(OC(F)F)n(-c2ccc(Br)c3c2OC(C)(C)C=C3)n1. The third-order valence-electron chi connectivity index (χ3n) is 3.24. The number of aryl methyl sites for hydroxylation is 1. The van der Waals surface area contributed by atoms with Crippen LogP contribution in [0.5, 0.6) is 11.8 Å². The van der Waals surface area contributed by atoms with Crippen molar-refractivity contribution < 1.29 is 18.3 Å². The number of ether oxygens (including phenoxy) is 2. The first-order chi connectivity index (χ1) is 10.8. The minimum Gasteiger partial charge on any atom is -0.481 e. The third-order valence-corrected chi connectivity index (χ3v) is 3.94. The van der Waals surface area contributed by atoms with Gasteiger partial charge in [0.25, 0.3) is 0 Å². The topological polar surface area (TPSA) is 49.2 Å². The van der Waals surface area contributed by atoms with Gasteiger partial charge in [0.05, 0.1) is 0 Å². The first-order valence-corrected chi connectivity index (χ1v) is 7.66. The molecule has 1 aliphatic heterocycles. The van der Waals surface area contributed by atoms with Crippen LogP contribution in [0.3, 0.4) is 0 Å². The number of fused-ring (bicyclic) bond motifs is 1. The minimum absolute atomic E-state index is 0.280. The van der Waals surface area contributed by atoms with Crippen molar-refractivity contribution in [2.24, 2.45) is 0 Å². The average Bonchev–Trinajstić information content (AvgIpc) is 2.77. The highest BCUT2D eigenvalue weighted by molar-refractivity contribution is 9.10. The molecule has 5 nitrogen and oxygen atoms in total. The predicted molar refractivity (Wildman–Crippen MR) is 84.2 cm³/mol. The fourth-order valence-electron chi connectivity index (χ4n) is 2.28. The van der Waals surface area contributed by atoms with E-state index in [9.17, 15) is 8.78 Å². The summed E-state index contributed by atoms with van der Waals surface area (Å²) >= 11 is 3.46. The van der Waals surface area contributed by atoms with Gasteiger partial charge >= 0.3 is 12.6 Å². The van der Waals surface area contributed by atoms with Crippen molar-refractivity contribution in [1.29, 1.82) is 0 Å². The van der Waals surface area contributed by atoms with Crippen LogP contribution < -0.4 is 9.47 Å². The highest BCUT2D eigenvalue weighted by Crippen LogP contribution is 2.40. The van der Waals surface area contributed by atoms with Crippen LogP contribution in [0.4, 0.5) is 8.78 Å². The van der Waals surface area contributed by atoms with Crippen LogP contribution in [0.1, 0.15) is 25.2 Å². The lowest BCUT2D eigenvalue weighted by atomic mass is 10.0. The van der Waals surface area contributed by atoms with E-state index in [-0.39, 0.29) is 6.01 Å². The van der Waals surface area contributed by atoms with E-state index < -0.39 is 12.2 Å². The molecule has 0 amide bonds. The summed E-state index contributed by atoms with van der Waals surface area (Å²) in [6.07, 6.45) is 3.84. The Balaban J connectivity index is 2.18. The van der Waals surface area contributed by atoms with E-state index in [1.807, 2.05) is 26.0 Å². The van der Waals surface area contributed by atoms with Gasteiger partial charge in [-0.2, -0.15) is 18.4 Å². The molecule has 0 atom stereocenters. The lowest BCUT2D eigenvalue weighted by Crippen LogP contribution is -2.28. The molecule has 3 rings (SSSR count). The lowest BCUT2D eigenvalue weighted by Gasteiger charge is -2.29. The second-order valence-electron chi connectivity index (χ2n) is 5.58. The largest absolute Gasteiger partial charge is 0.481 e. The summed E-state index contributed by atoms with van der Waals surface area (Å²) in [5, 5.41) is 4.15. The standard InChI is InChI=1S/C15H14BrF2N3O2/c1-8-19-14(22-13(17)18)21(20-8)11-5-4-10(16)9-6-7-15(2,3)23-12(9)11/h4-7,13H,1-3H3. The first-order valence-electron chi connectivity index (χ1n) is 6.86. The highest BCUT2D eigenvalue weighted by atomic mass is 79.9. The summed E-state index contributed by atoms with van der Waals surface area (Å²) < 4.78 is 37.7. The first kappa shape index (κ1) is 15.9. The summed E-state index contributed by atoms with van der Waals surface area (Å²) in [4.78, 5) is 3.90. The molecule has 2 heterocycles. The molecule has 0 spiro atoms. The molecule has 23 heavy (non-hydrogen) atoms. The summed E-state index contributed by atoms with van der Waals surface area (Å²) in [5.41, 5.74) is 0.761. The molecule has 0 saturated carbocycles.